The summed E-state index contributed by atoms with van der Waals surface area (Å²) < 4.78 is 22.4. The van der Waals surface area contributed by atoms with Gasteiger partial charge in [0, 0.05) is 25.2 Å². The van der Waals surface area contributed by atoms with Gasteiger partial charge in [0.15, 0.2) is 11.2 Å². The molecule has 9 nitrogen and oxygen atoms in total. The van der Waals surface area contributed by atoms with Crippen LogP contribution in [0.2, 0.25) is 0 Å². The third-order valence-electron chi connectivity index (χ3n) is 5.70. The van der Waals surface area contributed by atoms with E-state index in [2.05, 4.69) is 44.5 Å². The zero-order valence-corrected chi connectivity index (χ0v) is 24.5. The lowest BCUT2D eigenvalue weighted by molar-refractivity contribution is 0.459. The van der Waals surface area contributed by atoms with E-state index in [1.54, 1.807) is 47.3 Å². The maximum Gasteiger partial charge on any atom is 0.300 e. The number of aromatic nitrogens is 5. The van der Waals surface area contributed by atoms with Crippen LogP contribution in [0.3, 0.4) is 0 Å². The second-order valence-electron chi connectivity index (χ2n) is 8.76. The van der Waals surface area contributed by atoms with Crippen molar-refractivity contribution in [2.75, 3.05) is 5.32 Å². The van der Waals surface area contributed by atoms with Crippen LogP contribution in [0.25, 0.3) is 11.2 Å². The van der Waals surface area contributed by atoms with Crippen LogP contribution in [-0.4, -0.2) is 24.1 Å². The van der Waals surface area contributed by atoms with E-state index in [0.717, 1.165) is 11.8 Å². The van der Waals surface area contributed by atoms with Crippen molar-refractivity contribution in [3.63, 3.8) is 0 Å². The highest BCUT2D eigenvalue weighted by molar-refractivity contribution is 6.25. The first kappa shape index (κ1) is 31.5. The number of aryl methyl sites for hydroxylation is 2. The van der Waals surface area contributed by atoms with E-state index in [-0.39, 0.29) is 11.4 Å². The Labute approximate surface area is 248 Å². The molecular formula is C31H31ClFN7O2. The molecule has 0 radical (unpaired) electrons. The number of benzene rings is 2. The quantitative estimate of drug-likeness (QED) is 0.212. The lowest BCUT2D eigenvalue weighted by atomic mass is 10.1. The van der Waals surface area contributed by atoms with Crippen molar-refractivity contribution in [3.8, 4) is 17.7 Å². The molecule has 3 heterocycles. The fourth-order valence-electron chi connectivity index (χ4n) is 3.74. The predicted octanol–water partition coefficient (Wildman–Crippen LogP) is 7.33. The van der Waals surface area contributed by atoms with Crippen LogP contribution in [0.15, 0.2) is 89.6 Å². The highest BCUT2D eigenvalue weighted by Crippen LogP contribution is 2.24. The summed E-state index contributed by atoms with van der Waals surface area (Å²) in [4.78, 5) is 25.7. The number of hydrogen-bond acceptors (Lipinski definition) is 7. The smallest absolute Gasteiger partial charge is 0.300 e. The lowest BCUT2D eigenvalue weighted by Gasteiger charge is -2.16. The minimum Gasteiger partial charge on any atom is -0.439 e. The summed E-state index contributed by atoms with van der Waals surface area (Å²) in [6.45, 7) is 8.41. The molecule has 0 unspecified atom stereocenters. The molecular weight excluding hydrogens is 557 g/mol. The molecule has 0 fully saturated rings. The first-order valence-corrected chi connectivity index (χ1v) is 13.5. The van der Waals surface area contributed by atoms with Gasteiger partial charge in [-0.15, -0.1) is 0 Å². The van der Waals surface area contributed by atoms with Gasteiger partial charge in [0.2, 0.25) is 11.8 Å². The summed E-state index contributed by atoms with van der Waals surface area (Å²) in [5, 5.41) is 10.6. The van der Waals surface area contributed by atoms with Gasteiger partial charge in [-0.1, -0.05) is 47.5 Å². The Hall–Kier alpha value is -5.01. The minimum absolute atomic E-state index is 0.290. The minimum atomic E-state index is -0.429. The number of rotatable bonds is 7. The topological polar surface area (TPSA) is 111 Å². The number of pyridine rings is 1. The van der Waals surface area contributed by atoms with Gasteiger partial charge in [0.05, 0.1) is 25.1 Å². The van der Waals surface area contributed by atoms with Gasteiger partial charge in [-0.05, 0) is 62.2 Å². The molecule has 0 saturated carbocycles. The fraction of sp³-hybridized carbons (Fsp3) is 0.194. The van der Waals surface area contributed by atoms with Crippen LogP contribution in [0, 0.1) is 24.1 Å². The van der Waals surface area contributed by atoms with Gasteiger partial charge in [-0.2, -0.15) is 10.2 Å². The summed E-state index contributed by atoms with van der Waals surface area (Å²) in [6, 6.07) is 19.8. The fourth-order valence-corrected chi connectivity index (χ4v) is 3.74. The van der Waals surface area contributed by atoms with Gasteiger partial charge in [0.25, 0.3) is 0 Å². The third kappa shape index (κ3) is 8.49. The summed E-state index contributed by atoms with van der Waals surface area (Å²) in [5.41, 5.74) is 5.11. The second-order valence-corrected chi connectivity index (χ2v) is 9.02. The Balaban J connectivity index is 0.000000627. The molecule has 0 saturated heterocycles. The Morgan fingerprint density at radius 3 is 2.33 bits per heavy atom. The number of hydrogen-bond donors (Lipinski definition) is 1. The Morgan fingerprint density at radius 1 is 1.10 bits per heavy atom. The Kier molecular flexibility index (Phi) is 11.8. The molecule has 0 aliphatic carbocycles. The monoisotopic (exact) mass is 587 g/mol. The lowest BCUT2D eigenvalue weighted by Crippen LogP contribution is -2.20. The third-order valence-corrected chi connectivity index (χ3v) is 5.95. The first-order chi connectivity index (χ1) is 20.3. The van der Waals surface area contributed by atoms with E-state index in [0.29, 0.717) is 41.6 Å². The Morgan fingerprint density at radius 2 is 1.76 bits per heavy atom. The normalized spacial score (nSPS) is 10.3. The number of imidazole rings is 1. The van der Waals surface area contributed by atoms with E-state index < -0.39 is 5.82 Å². The molecule has 0 atom stereocenters. The highest BCUT2D eigenvalue weighted by atomic mass is 35.5. The highest BCUT2D eigenvalue weighted by Gasteiger charge is 2.16. The van der Waals surface area contributed by atoms with Crippen LogP contribution < -0.4 is 15.6 Å². The van der Waals surface area contributed by atoms with Gasteiger partial charge in [0.1, 0.15) is 11.6 Å². The molecule has 0 aliphatic rings. The molecule has 0 spiro atoms. The van der Waals surface area contributed by atoms with Crippen molar-refractivity contribution in [3.05, 3.63) is 112 Å². The number of nitrogens with one attached hydrogen (secondary N) is 1. The number of anilines is 2. The Bertz CT molecular complexity index is 1700. The maximum absolute atomic E-state index is 13.1. The number of allylic oxidation sites excluding steroid dienone is 1. The van der Waals surface area contributed by atoms with Crippen molar-refractivity contribution in [2.24, 2.45) is 0 Å². The summed E-state index contributed by atoms with van der Waals surface area (Å²) in [6.07, 6.45) is 4.53. The van der Waals surface area contributed by atoms with E-state index >= 15 is 0 Å². The van der Waals surface area contributed by atoms with Crippen LogP contribution >= 0.6 is 11.6 Å². The SMILES string of the molecule is C/C=C/Cl.CC#N.CCn1cnc2c1c(=O)nc(Nc1ccc(Oc3ccc(F)cn3)cc1)n2Cc1ccc(C)cc1. The molecule has 42 heavy (non-hydrogen) atoms. The largest absolute Gasteiger partial charge is 0.439 e. The molecule has 0 amide bonds. The second kappa shape index (κ2) is 15.7. The number of ether oxygens (including phenoxy) is 1. The zero-order valence-electron chi connectivity index (χ0n) is 23.8. The van der Waals surface area contributed by atoms with Crippen molar-refractivity contribution in [2.45, 2.75) is 40.8 Å². The predicted molar refractivity (Wildman–Crippen MR) is 164 cm³/mol. The summed E-state index contributed by atoms with van der Waals surface area (Å²) >= 11 is 5.01. The van der Waals surface area contributed by atoms with Crippen LogP contribution in [-0.2, 0) is 13.1 Å². The van der Waals surface area contributed by atoms with Crippen LogP contribution in [0.1, 0.15) is 31.9 Å². The molecule has 0 bridgehead atoms. The molecule has 5 rings (SSSR count). The van der Waals surface area contributed by atoms with Crippen LogP contribution in [0.4, 0.5) is 16.0 Å². The maximum atomic E-state index is 13.1. The summed E-state index contributed by atoms with van der Waals surface area (Å²) in [5.74, 6) is 0.787. The van der Waals surface area contributed by atoms with Crippen molar-refractivity contribution >= 4 is 34.4 Å². The molecule has 1 N–H and O–H groups in total. The number of fused-ring (bicyclic) bond motifs is 1. The van der Waals surface area contributed by atoms with E-state index in [9.17, 15) is 9.18 Å². The van der Waals surface area contributed by atoms with Gasteiger partial charge >= 0.3 is 5.56 Å². The van der Waals surface area contributed by atoms with Crippen LogP contribution in [0.5, 0.6) is 11.6 Å². The summed E-state index contributed by atoms with van der Waals surface area (Å²) in [7, 11) is 0. The standard InChI is InChI=1S/C26H23FN6O2.C3H5Cl.C2H3N/c1-3-32-16-29-24-23(32)25(34)31-26(33(24)15-18-6-4-17(2)5-7-18)30-20-9-11-21(12-10-20)35-22-13-8-19(27)14-28-22;1-2-3-4;1-2-3/h4-14,16H,3,15H2,1-2H3,(H,30,31,34);2-3H,1H3;1H3/b;3-2+;. The molecule has 2 aromatic carbocycles. The number of nitrogens with zero attached hydrogens (tertiary/aromatic N) is 6. The number of halogens is 2. The molecule has 216 valence electrons. The van der Waals surface area contributed by atoms with Crippen molar-refractivity contribution in [1.82, 2.24) is 24.1 Å². The van der Waals surface area contributed by atoms with E-state index in [1.807, 2.05) is 25.3 Å². The van der Waals surface area contributed by atoms with E-state index in [1.165, 1.54) is 30.2 Å². The molecule has 5 aromatic rings. The van der Waals surface area contributed by atoms with Crippen molar-refractivity contribution in [1.29, 1.82) is 5.26 Å². The zero-order chi connectivity index (χ0) is 30.5. The van der Waals surface area contributed by atoms with Crippen molar-refractivity contribution < 1.29 is 9.13 Å². The van der Waals surface area contributed by atoms with Gasteiger partial charge in [-0.25, -0.2) is 14.4 Å². The van der Waals surface area contributed by atoms with Gasteiger partial charge < -0.3 is 14.6 Å². The molecule has 0 aliphatic heterocycles. The number of nitriles is 1. The average Bonchev–Trinajstić information content (AvgIpc) is 3.44. The average molecular weight is 588 g/mol. The molecule has 11 heteroatoms. The van der Waals surface area contributed by atoms with E-state index in [4.69, 9.17) is 21.6 Å². The van der Waals surface area contributed by atoms with Gasteiger partial charge in [-0.3, -0.25) is 9.36 Å². The molecule has 3 aromatic heterocycles. The first-order valence-electron chi connectivity index (χ1n) is 13.0.